The highest BCUT2D eigenvalue weighted by Gasteiger charge is 2.22. The molecule has 0 aliphatic rings. The molecule has 0 aliphatic carbocycles. The normalized spacial score (nSPS) is 11.9. The number of ether oxygens (including phenoxy) is 2. The second-order valence-electron chi connectivity index (χ2n) is 7.88. The number of carbonyl (C=O) groups excluding carboxylic acids is 2. The molecule has 0 bridgehead atoms. The largest absolute Gasteiger partial charge is 0.490 e. The Labute approximate surface area is 200 Å². The van der Waals surface area contributed by atoms with E-state index >= 15 is 0 Å². The third-order valence-electron chi connectivity index (χ3n) is 4.55. The minimum Gasteiger partial charge on any atom is -0.490 e. The van der Waals surface area contributed by atoms with Crippen LogP contribution in [0.2, 0.25) is 5.02 Å². The van der Waals surface area contributed by atoms with E-state index in [-0.39, 0.29) is 11.8 Å². The van der Waals surface area contributed by atoms with Crippen LogP contribution in [0.5, 0.6) is 11.5 Å². The van der Waals surface area contributed by atoms with Crippen molar-refractivity contribution < 1.29 is 19.1 Å². The summed E-state index contributed by atoms with van der Waals surface area (Å²) < 4.78 is 11.3. The Hall–Kier alpha value is -3.06. The number of benzene rings is 2. The Balaban J connectivity index is 2.05. The molecule has 0 saturated carbocycles. The summed E-state index contributed by atoms with van der Waals surface area (Å²) in [6.45, 7) is 9.00. The first-order chi connectivity index (χ1) is 15.8. The monoisotopic (exact) mass is 473 g/mol. The van der Waals surface area contributed by atoms with E-state index in [4.69, 9.17) is 21.1 Å². The molecule has 2 aromatic rings. The summed E-state index contributed by atoms with van der Waals surface area (Å²) in [5.41, 5.74) is 3.70. The fourth-order valence-electron chi connectivity index (χ4n) is 3.00. The lowest BCUT2D eigenvalue weighted by Crippen LogP contribution is -2.46. The Bertz CT molecular complexity index is 945. The highest BCUT2D eigenvalue weighted by molar-refractivity contribution is 6.30. The van der Waals surface area contributed by atoms with Gasteiger partial charge in [0.2, 0.25) is 0 Å². The number of hydrazone groups is 1. The molecule has 0 aromatic heterocycles. The predicted molar refractivity (Wildman–Crippen MR) is 131 cm³/mol. The molecule has 7 nitrogen and oxygen atoms in total. The Kier molecular flexibility index (Phi) is 10.7. The molecule has 0 heterocycles. The minimum absolute atomic E-state index is 0.194. The minimum atomic E-state index is -0.728. The molecular weight excluding hydrogens is 442 g/mol. The van der Waals surface area contributed by atoms with Gasteiger partial charge >= 0.3 is 0 Å². The topological polar surface area (TPSA) is 89.0 Å². The highest BCUT2D eigenvalue weighted by Crippen LogP contribution is 2.28. The number of hydrogen-bond acceptors (Lipinski definition) is 5. The Morgan fingerprint density at radius 1 is 1.06 bits per heavy atom. The van der Waals surface area contributed by atoms with Crippen LogP contribution in [0.1, 0.15) is 56.5 Å². The number of carbonyl (C=O) groups is 2. The number of nitrogens with zero attached hydrogens (tertiary/aromatic N) is 1. The van der Waals surface area contributed by atoms with Gasteiger partial charge < -0.3 is 14.8 Å². The zero-order chi connectivity index (χ0) is 24.2. The summed E-state index contributed by atoms with van der Waals surface area (Å²) in [4.78, 5) is 25.3. The quantitative estimate of drug-likeness (QED) is 0.341. The van der Waals surface area contributed by atoms with Gasteiger partial charge in [-0.25, -0.2) is 5.43 Å². The number of hydrogen-bond donors (Lipinski definition) is 2. The summed E-state index contributed by atoms with van der Waals surface area (Å²) in [5.74, 6) is 0.742. The molecule has 0 fully saturated rings. The summed E-state index contributed by atoms with van der Waals surface area (Å²) in [5, 5.41) is 7.38. The zero-order valence-corrected chi connectivity index (χ0v) is 20.3. The van der Waals surface area contributed by atoms with E-state index in [1.807, 2.05) is 39.8 Å². The average molecular weight is 474 g/mol. The number of halogens is 1. The van der Waals surface area contributed by atoms with Crippen molar-refractivity contribution in [3.05, 3.63) is 58.6 Å². The summed E-state index contributed by atoms with van der Waals surface area (Å²) in [6, 6.07) is 11.2. The Morgan fingerprint density at radius 2 is 1.79 bits per heavy atom. The van der Waals surface area contributed by atoms with Crippen molar-refractivity contribution in [1.29, 1.82) is 0 Å². The smallest absolute Gasteiger partial charge is 0.262 e. The second-order valence-corrected chi connectivity index (χ2v) is 8.32. The van der Waals surface area contributed by atoms with E-state index in [0.29, 0.717) is 41.7 Å². The molecule has 8 heteroatoms. The third kappa shape index (κ3) is 8.77. The predicted octanol–water partition coefficient (Wildman–Crippen LogP) is 4.82. The van der Waals surface area contributed by atoms with E-state index in [0.717, 1.165) is 12.0 Å². The molecule has 178 valence electrons. The molecule has 2 aromatic carbocycles. The van der Waals surface area contributed by atoms with Gasteiger partial charge in [0.1, 0.15) is 6.04 Å². The first-order valence-corrected chi connectivity index (χ1v) is 11.5. The van der Waals surface area contributed by atoms with Crippen LogP contribution in [0.3, 0.4) is 0 Å². The van der Waals surface area contributed by atoms with Crippen molar-refractivity contribution in [3.63, 3.8) is 0 Å². The summed E-state index contributed by atoms with van der Waals surface area (Å²) >= 11 is 5.88. The lowest BCUT2D eigenvalue weighted by molar-refractivity contribution is -0.123. The van der Waals surface area contributed by atoms with E-state index in [2.05, 4.69) is 15.8 Å². The molecular formula is C25H32ClN3O4. The van der Waals surface area contributed by atoms with Crippen molar-refractivity contribution in [2.75, 3.05) is 13.2 Å². The van der Waals surface area contributed by atoms with E-state index in [1.165, 1.54) is 6.21 Å². The van der Waals surface area contributed by atoms with Crippen LogP contribution in [0.15, 0.2) is 47.6 Å². The molecule has 33 heavy (non-hydrogen) atoms. The highest BCUT2D eigenvalue weighted by atomic mass is 35.5. The number of nitrogens with one attached hydrogen (secondary N) is 2. The van der Waals surface area contributed by atoms with Crippen LogP contribution in [0, 0.1) is 5.92 Å². The van der Waals surface area contributed by atoms with Gasteiger partial charge in [-0.05, 0) is 73.7 Å². The second kappa shape index (κ2) is 13.5. The van der Waals surface area contributed by atoms with Gasteiger partial charge in [0.25, 0.3) is 11.8 Å². The fraction of sp³-hybridized carbons (Fsp3) is 0.400. The van der Waals surface area contributed by atoms with Gasteiger partial charge in [0, 0.05) is 10.6 Å². The lowest BCUT2D eigenvalue weighted by Gasteiger charge is -2.19. The van der Waals surface area contributed by atoms with Crippen molar-refractivity contribution in [2.45, 2.75) is 46.6 Å². The van der Waals surface area contributed by atoms with Gasteiger partial charge in [0.05, 0.1) is 19.4 Å². The van der Waals surface area contributed by atoms with Crippen LogP contribution in [0.4, 0.5) is 0 Å². The maximum atomic E-state index is 12.7. The molecule has 2 N–H and O–H groups in total. The van der Waals surface area contributed by atoms with Crippen LogP contribution in [0.25, 0.3) is 0 Å². The fourth-order valence-corrected chi connectivity index (χ4v) is 3.12. The van der Waals surface area contributed by atoms with E-state index in [1.54, 1.807) is 30.3 Å². The van der Waals surface area contributed by atoms with Crippen molar-refractivity contribution in [2.24, 2.45) is 11.0 Å². The van der Waals surface area contributed by atoms with E-state index < -0.39 is 11.9 Å². The maximum absolute atomic E-state index is 12.7. The molecule has 0 saturated heterocycles. The maximum Gasteiger partial charge on any atom is 0.262 e. The summed E-state index contributed by atoms with van der Waals surface area (Å²) in [7, 11) is 0. The SMILES string of the molecule is CCCOc1ccc(/C=N/NC(=O)C(CC(C)C)NC(=O)c2ccc(Cl)cc2)cc1OCC. The molecule has 1 atom stereocenters. The van der Waals surface area contributed by atoms with Gasteiger partial charge in [-0.2, -0.15) is 5.10 Å². The van der Waals surface area contributed by atoms with Crippen molar-refractivity contribution in [3.8, 4) is 11.5 Å². The van der Waals surface area contributed by atoms with E-state index in [9.17, 15) is 9.59 Å². The molecule has 2 amide bonds. The standard InChI is InChI=1S/C25H32ClN3O4/c1-5-13-33-22-12-7-18(15-23(22)32-6-2)16-27-29-25(31)21(14-17(3)4)28-24(30)19-8-10-20(26)11-9-19/h7-12,15-17,21H,5-6,13-14H2,1-4H3,(H,28,30)(H,29,31)/b27-16+. The van der Waals surface area contributed by atoms with Gasteiger partial charge in [0.15, 0.2) is 11.5 Å². The van der Waals surface area contributed by atoms with Gasteiger partial charge in [-0.1, -0.05) is 32.4 Å². The molecule has 0 spiro atoms. The van der Waals surface area contributed by atoms with Gasteiger partial charge in [-0.3, -0.25) is 9.59 Å². The zero-order valence-electron chi connectivity index (χ0n) is 19.6. The first kappa shape index (κ1) is 26.2. The van der Waals surface area contributed by atoms with Crippen LogP contribution in [-0.4, -0.2) is 37.3 Å². The molecule has 0 radical (unpaired) electrons. The number of amides is 2. The first-order valence-electron chi connectivity index (χ1n) is 11.1. The summed E-state index contributed by atoms with van der Waals surface area (Å²) in [6.07, 6.45) is 2.89. The molecule has 2 rings (SSSR count). The van der Waals surface area contributed by atoms with Crippen molar-refractivity contribution >= 4 is 29.6 Å². The molecule has 1 unspecified atom stereocenters. The average Bonchev–Trinajstić information content (AvgIpc) is 2.78. The van der Waals surface area contributed by atoms with Crippen LogP contribution < -0.4 is 20.2 Å². The van der Waals surface area contributed by atoms with Crippen LogP contribution in [-0.2, 0) is 4.79 Å². The molecule has 0 aliphatic heterocycles. The third-order valence-corrected chi connectivity index (χ3v) is 4.80. The van der Waals surface area contributed by atoms with Gasteiger partial charge in [-0.15, -0.1) is 0 Å². The Morgan fingerprint density at radius 3 is 2.42 bits per heavy atom. The lowest BCUT2D eigenvalue weighted by atomic mass is 10.0. The van der Waals surface area contributed by atoms with Crippen molar-refractivity contribution in [1.82, 2.24) is 10.7 Å². The number of rotatable bonds is 12. The van der Waals surface area contributed by atoms with Crippen LogP contribution >= 0.6 is 11.6 Å².